The van der Waals surface area contributed by atoms with Gasteiger partial charge in [0.15, 0.2) is 0 Å². The predicted molar refractivity (Wildman–Crippen MR) is 111 cm³/mol. The van der Waals surface area contributed by atoms with E-state index in [0.29, 0.717) is 18.3 Å². The van der Waals surface area contributed by atoms with Crippen LogP contribution in [0.1, 0.15) is 11.1 Å². The van der Waals surface area contributed by atoms with Crippen LogP contribution < -0.4 is 9.64 Å². The maximum absolute atomic E-state index is 13.0. The molecule has 0 saturated carbocycles. The molecule has 3 aromatic rings. The van der Waals surface area contributed by atoms with Gasteiger partial charge in [-0.3, -0.25) is 9.69 Å². The van der Waals surface area contributed by atoms with Crippen LogP contribution in [0.2, 0.25) is 0 Å². The van der Waals surface area contributed by atoms with Crippen LogP contribution in [0, 0.1) is 6.92 Å². The molecule has 0 N–H and O–H groups in total. The van der Waals surface area contributed by atoms with Gasteiger partial charge in [0.25, 0.3) is 0 Å². The van der Waals surface area contributed by atoms with E-state index in [1.807, 2.05) is 49.4 Å². The Balaban J connectivity index is 1.82. The highest BCUT2D eigenvalue weighted by Gasteiger charge is 2.21. The summed E-state index contributed by atoms with van der Waals surface area (Å²) < 4.78 is 10.4. The monoisotopic (exact) mass is 397 g/mol. The molecule has 1 heterocycles. The van der Waals surface area contributed by atoms with Crippen molar-refractivity contribution in [1.29, 1.82) is 0 Å². The number of hydrogen-bond donors (Lipinski definition) is 0. The van der Waals surface area contributed by atoms with Crippen molar-refractivity contribution in [1.82, 2.24) is 10.2 Å². The highest BCUT2D eigenvalue weighted by atomic mass is 32.1. The highest BCUT2D eigenvalue weighted by Crippen LogP contribution is 2.29. The van der Waals surface area contributed by atoms with Gasteiger partial charge in [-0.15, -0.1) is 10.2 Å². The third-order valence-corrected chi connectivity index (χ3v) is 5.22. The second-order valence-electron chi connectivity index (χ2n) is 6.33. The number of methoxy groups -OCH3 is 2. The van der Waals surface area contributed by atoms with Crippen LogP contribution in [-0.4, -0.2) is 43.5 Å². The molecular weight excluding hydrogens is 374 g/mol. The fraction of sp³-hybridized carbons (Fsp3) is 0.286. The van der Waals surface area contributed by atoms with Crippen molar-refractivity contribution in [3.8, 4) is 16.3 Å². The third kappa shape index (κ3) is 4.94. The molecule has 0 atom stereocenters. The molecule has 7 heteroatoms. The number of amides is 1. The summed E-state index contributed by atoms with van der Waals surface area (Å²) in [5.41, 5.74) is 3.03. The number of carbonyl (C=O) groups excluding carboxylic acids is 1. The molecule has 0 spiro atoms. The Morgan fingerprint density at radius 3 is 2.68 bits per heavy atom. The normalized spacial score (nSPS) is 10.7. The molecule has 28 heavy (non-hydrogen) atoms. The average molecular weight is 398 g/mol. The number of benzene rings is 2. The van der Waals surface area contributed by atoms with Gasteiger partial charge < -0.3 is 9.47 Å². The van der Waals surface area contributed by atoms with Gasteiger partial charge in [0.2, 0.25) is 11.0 Å². The third-order valence-electron chi connectivity index (χ3n) is 4.22. The fourth-order valence-electron chi connectivity index (χ4n) is 2.78. The van der Waals surface area contributed by atoms with E-state index in [1.165, 1.54) is 11.3 Å². The van der Waals surface area contributed by atoms with Crippen molar-refractivity contribution in [2.45, 2.75) is 13.3 Å². The Hall–Kier alpha value is -2.77. The van der Waals surface area contributed by atoms with Crippen molar-refractivity contribution in [3.05, 3.63) is 59.7 Å². The average Bonchev–Trinajstić information content (AvgIpc) is 3.18. The number of hydrogen-bond acceptors (Lipinski definition) is 6. The van der Waals surface area contributed by atoms with E-state index >= 15 is 0 Å². The summed E-state index contributed by atoms with van der Waals surface area (Å²) in [6.07, 6.45) is 0.250. The zero-order valence-electron chi connectivity index (χ0n) is 16.2. The minimum atomic E-state index is -0.0581. The van der Waals surface area contributed by atoms with Crippen molar-refractivity contribution >= 4 is 22.4 Å². The highest BCUT2D eigenvalue weighted by molar-refractivity contribution is 7.18. The van der Waals surface area contributed by atoms with Gasteiger partial charge in [-0.05, 0) is 30.7 Å². The Kier molecular flexibility index (Phi) is 6.73. The van der Waals surface area contributed by atoms with Gasteiger partial charge in [0.05, 0.1) is 26.7 Å². The van der Waals surface area contributed by atoms with Crippen molar-refractivity contribution in [2.24, 2.45) is 0 Å². The summed E-state index contributed by atoms with van der Waals surface area (Å²) in [6, 6.07) is 15.6. The molecule has 0 aliphatic heterocycles. The first-order chi connectivity index (χ1) is 13.6. The van der Waals surface area contributed by atoms with Crippen LogP contribution in [0.25, 0.3) is 10.6 Å². The zero-order valence-corrected chi connectivity index (χ0v) is 17.0. The van der Waals surface area contributed by atoms with Crippen LogP contribution in [-0.2, 0) is 16.0 Å². The minimum Gasteiger partial charge on any atom is -0.497 e. The molecule has 0 radical (unpaired) electrons. The lowest BCUT2D eigenvalue weighted by Crippen LogP contribution is -2.35. The molecule has 0 bridgehead atoms. The van der Waals surface area contributed by atoms with Crippen molar-refractivity contribution < 1.29 is 14.3 Å². The van der Waals surface area contributed by atoms with E-state index in [4.69, 9.17) is 9.47 Å². The molecule has 0 aliphatic rings. The van der Waals surface area contributed by atoms with Crippen LogP contribution in [0.4, 0.5) is 5.13 Å². The lowest BCUT2D eigenvalue weighted by Gasteiger charge is -2.19. The van der Waals surface area contributed by atoms with Gasteiger partial charge in [0, 0.05) is 12.7 Å². The number of nitrogens with zero attached hydrogens (tertiary/aromatic N) is 3. The lowest BCUT2D eigenvalue weighted by atomic mass is 10.1. The molecule has 0 aliphatic carbocycles. The predicted octanol–water partition coefficient (Wildman–Crippen LogP) is 3.74. The number of carbonyl (C=O) groups is 1. The lowest BCUT2D eigenvalue weighted by molar-refractivity contribution is -0.118. The summed E-state index contributed by atoms with van der Waals surface area (Å²) in [7, 11) is 3.23. The summed E-state index contributed by atoms with van der Waals surface area (Å²) in [4.78, 5) is 14.6. The smallest absolute Gasteiger partial charge is 0.233 e. The maximum Gasteiger partial charge on any atom is 0.233 e. The molecule has 6 nitrogen and oxygen atoms in total. The topological polar surface area (TPSA) is 64.5 Å². The Morgan fingerprint density at radius 2 is 1.93 bits per heavy atom. The molecule has 3 rings (SSSR count). The van der Waals surface area contributed by atoms with Crippen molar-refractivity contribution in [2.75, 3.05) is 32.3 Å². The summed E-state index contributed by atoms with van der Waals surface area (Å²) >= 11 is 1.40. The molecular formula is C21H23N3O3S. The number of rotatable bonds is 8. The number of ether oxygens (including phenoxy) is 2. The van der Waals surface area contributed by atoms with E-state index in [1.54, 1.807) is 19.1 Å². The fourth-order valence-corrected chi connectivity index (χ4v) is 3.67. The number of aryl methyl sites for hydroxylation is 1. The van der Waals surface area contributed by atoms with Gasteiger partial charge in [-0.2, -0.15) is 0 Å². The Bertz CT molecular complexity index is 942. The Labute approximate surface area is 168 Å². The molecule has 0 fully saturated rings. The van der Waals surface area contributed by atoms with Gasteiger partial charge in [-0.25, -0.2) is 0 Å². The maximum atomic E-state index is 13.0. The standard InChI is InChI=1S/C21H23N3O3S/c1-15-6-4-8-17(12-15)20-22-23-21(28-20)24(10-11-26-2)19(25)14-16-7-5-9-18(13-16)27-3/h4-9,12-13H,10-11,14H2,1-3H3. The van der Waals surface area contributed by atoms with E-state index in [2.05, 4.69) is 16.3 Å². The quantitative estimate of drug-likeness (QED) is 0.579. The van der Waals surface area contributed by atoms with Crippen LogP contribution >= 0.6 is 11.3 Å². The second-order valence-corrected chi connectivity index (χ2v) is 7.28. The SMILES string of the molecule is COCCN(C(=O)Cc1cccc(OC)c1)c1nnc(-c2cccc(C)c2)s1. The van der Waals surface area contributed by atoms with Crippen LogP contribution in [0.5, 0.6) is 5.75 Å². The molecule has 146 valence electrons. The second kappa shape index (κ2) is 9.43. The number of aromatic nitrogens is 2. The molecule has 0 unspecified atom stereocenters. The molecule has 0 saturated heterocycles. The van der Waals surface area contributed by atoms with E-state index in [-0.39, 0.29) is 12.3 Å². The Morgan fingerprint density at radius 1 is 1.11 bits per heavy atom. The zero-order chi connectivity index (χ0) is 19.9. The van der Waals surface area contributed by atoms with Gasteiger partial charge in [-0.1, -0.05) is 47.2 Å². The van der Waals surface area contributed by atoms with Crippen LogP contribution in [0.3, 0.4) is 0 Å². The van der Waals surface area contributed by atoms with Gasteiger partial charge in [0.1, 0.15) is 10.8 Å². The summed E-state index contributed by atoms with van der Waals surface area (Å²) in [6.45, 7) is 2.87. The van der Waals surface area contributed by atoms with E-state index < -0.39 is 0 Å². The molecule has 1 aromatic heterocycles. The number of anilines is 1. The molecule has 1 amide bonds. The first-order valence-corrected chi connectivity index (χ1v) is 9.75. The molecule has 2 aromatic carbocycles. The summed E-state index contributed by atoms with van der Waals surface area (Å²) in [5.74, 6) is 0.670. The van der Waals surface area contributed by atoms with Crippen LogP contribution in [0.15, 0.2) is 48.5 Å². The first-order valence-electron chi connectivity index (χ1n) is 8.93. The minimum absolute atomic E-state index is 0.0581. The summed E-state index contributed by atoms with van der Waals surface area (Å²) in [5, 5.41) is 9.91. The van der Waals surface area contributed by atoms with Crippen molar-refractivity contribution in [3.63, 3.8) is 0 Å². The van der Waals surface area contributed by atoms with E-state index in [0.717, 1.165) is 27.4 Å². The van der Waals surface area contributed by atoms with E-state index in [9.17, 15) is 4.79 Å². The van der Waals surface area contributed by atoms with Gasteiger partial charge >= 0.3 is 0 Å². The first kappa shape index (κ1) is 20.0. The largest absolute Gasteiger partial charge is 0.497 e.